The molecule has 2 rings (SSSR count). The predicted molar refractivity (Wildman–Crippen MR) is 86.9 cm³/mol. The quantitative estimate of drug-likeness (QED) is 0.573. The van der Waals surface area contributed by atoms with Crippen LogP contribution in [0.1, 0.15) is 5.56 Å². The second-order valence-electron chi connectivity index (χ2n) is 5.08. The number of carbonyl (C=O) groups is 2. The van der Waals surface area contributed by atoms with Gasteiger partial charge < -0.3 is 23.8 Å². The van der Waals surface area contributed by atoms with E-state index < -0.39 is 5.97 Å². The number of methoxy groups -OCH3 is 2. The van der Waals surface area contributed by atoms with Crippen molar-refractivity contribution >= 4 is 18.0 Å². The lowest BCUT2D eigenvalue weighted by atomic mass is 10.2. The molecule has 130 valence electrons. The van der Waals surface area contributed by atoms with Crippen molar-refractivity contribution in [1.82, 2.24) is 4.90 Å². The number of hydrogen-bond donors (Lipinski definition) is 0. The normalized spacial score (nSPS) is 14.5. The summed E-state index contributed by atoms with van der Waals surface area (Å²) < 4.78 is 20.5. The molecule has 0 radical (unpaired) electrons. The summed E-state index contributed by atoms with van der Waals surface area (Å²) in [6.07, 6.45) is 2.84. The molecule has 0 bridgehead atoms. The topological polar surface area (TPSA) is 74.3 Å². The molecule has 24 heavy (non-hydrogen) atoms. The highest BCUT2D eigenvalue weighted by Crippen LogP contribution is 2.23. The minimum atomic E-state index is -0.585. The number of ether oxygens (including phenoxy) is 4. The van der Waals surface area contributed by atoms with Gasteiger partial charge in [-0.3, -0.25) is 4.79 Å². The summed E-state index contributed by atoms with van der Waals surface area (Å²) in [4.78, 5) is 25.2. The number of hydrogen-bond acceptors (Lipinski definition) is 6. The fourth-order valence-corrected chi connectivity index (χ4v) is 2.17. The SMILES string of the molecule is COc1cc(/C=C/C(=O)OCC(=O)N2CCOCC2)cc(OC)c1. The van der Waals surface area contributed by atoms with Gasteiger partial charge in [0.15, 0.2) is 6.61 Å². The van der Waals surface area contributed by atoms with Gasteiger partial charge in [-0.2, -0.15) is 0 Å². The lowest BCUT2D eigenvalue weighted by Gasteiger charge is -2.26. The van der Waals surface area contributed by atoms with Crippen LogP contribution in [0.4, 0.5) is 0 Å². The van der Waals surface area contributed by atoms with Crippen molar-refractivity contribution in [3.63, 3.8) is 0 Å². The zero-order valence-electron chi connectivity index (χ0n) is 13.8. The molecule has 1 aliphatic heterocycles. The first-order valence-corrected chi connectivity index (χ1v) is 7.56. The molecule has 1 fully saturated rings. The van der Waals surface area contributed by atoms with Gasteiger partial charge in [-0.05, 0) is 23.8 Å². The van der Waals surface area contributed by atoms with E-state index in [0.29, 0.717) is 37.8 Å². The molecule has 1 heterocycles. The van der Waals surface area contributed by atoms with E-state index in [1.54, 1.807) is 43.4 Å². The summed E-state index contributed by atoms with van der Waals surface area (Å²) in [6, 6.07) is 5.24. The third-order valence-electron chi connectivity index (χ3n) is 3.49. The van der Waals surface area contributed by atoms with Crippen LogP contribution in [0.15, 0.2) is 24.3 Å². The number of amides is 1. The van der Waals surface area contributed by atoms with Gasteiger partial charge in [0.25, 0.3) is 5.91 Å². The Morgan fingerprint density at radius 3 is 2.33 bits per heavy atom. The lowest BCUT2D eigenvalue weighted by Crippen LogP contribution is -2.42. The monoisotopic (exact) mass is 335 g/mol. The molecular weight excluding hydrogens is 314 g/mol. The zero-order valence-corrected chi connectivity index (χ0v) is 13.8. The van der Waals surface area contributed by atoms with E-state index in [2.05, 4.69) is 0 Å². The Kier molecular flexibility index (Phi) is 6.62. The van der Waals surface area contributed by atoms with Crippen molar-refractivity contribution in [3.05, 3.63) is 29.8 Å². The summed E-state index contributed by atoms with van der Waals surface area (Å²) in [7, 11) is 3.10. The maximum atomic E-state index is 11.9. The summed E-state index contributed by atoms with van der Waals surface area (Å²) >= 11 is 0. The van der Waals surface area contributed by atoms with Gasteiger partial charge in [0.2, 0.25) is 0 Å². The molecule has 7 nitrogen and oxygen atoms in total. The van der Waals surface area contributed by atoms with E-state index in [-0.39, 0.29) is 12.5 Å². The minimum Gasteiger partial charge on any atom is -0.497 e. The predicted octanol–water partition coefficient (Wildman–Crippen LogP) is 1.12. The van der Waals surface area contributed by atoms with Gasteiger partial charge in [0, 0.05) is 25.2 Å². The van der Waals surface area contributed by atoms with E-state index in [1.165, 1.54) is 6.08 Å². The molecule has 0 atom stereocenters. The van der Waals surface area contributed by atoms with E-state index >= 15 is 0 Å². The smallest absolute Gasteiger partial charge is 0.331 e. The third kappa shape index (κ3) is 5.27. The Labute approximate surface area is 140 Å². The van der Waals surface area contributed by atoms with Crippen LogP contribution in [-0.2, 0) is 19.1 Å². The van der Waals surface area contributed by atoms with E-state index in [9.17, 15) is 9.59 Å². The molecule has 1 aromatic carbocycles. The second kappa shape index (κ2) is 8.93. The summed E-state index contributed by atoms with van der Waals surface area (Å²) in [5.74, 6) is 0.427. The minimum absolute atomic E-state index is 0.219. The van der Waals surface area contributed by atoms with Crippen LogP contribution in [0.5, 0.6) is 11.5 Å². The molecule has 1 aromatic rings. The fraction of sp³-hybridized carbons (Fsp3) is 0.412. The Morgan fingerprint density at radius 2 is 1.75 bits per heavy atom. The van der Waals surface area contributed by atoms with Crippen LogP contribution in [0.3, 0.4) is 0 Å². The highest BCUT2D eigenvalue weighted by atomic mass is 16.5. The first-order chi connectivity index (χ1) is 11.6. The molecule has 1 saturated heterocycles. The van der Waals surface area contributed by atoms with Crippen molar-refractivity contribution in [1.29, 1.82) is 0 Å². The molecule has 7 heteroatoms. The van der Waals surface area contributed by atoms with Gasteiger partial charge in [0.05, 0.1) is 27.4 Å². The molecule has 0 aromatic heterocycles. The first kappa shape index (κ1) is 17.8. The highest BCUT2D eigenvalue weighted by Gasteiger charge is 2.17. The molecule has 1 aliphatic rings. The van der Waals surface area contributed by atoms with Crippen LogP contribution >= 0.6 is 0 Å². The first-order valence-electron chi connectivity index (χ1n) is 7.56. The third-order valence-corrected chi connectivity index (χ3v) is 3.49. The Hall–Kier alpha value is -2.54. The number of rotatable bonds is 6. The largest absolute Gasteiger partial charge is 0.497 e. The van der Waals surface area contributed by atoms with Crippen LogP contribution in [0, 0.1) is 0 Å². The average molecular weight is 335 g/mol. The van der Waals surface area contributed by atoms with Crippen LogP contribution in [0.25, 0.3) is 6.08 Å². The van der Waals surface area contributed by atoms with Gasteiger partial charge in [-0.25, -0.2) is 4.79 Å². The molecule has 0 spiro atoms. The van der Waals surface area contributed by atoms with Crippen molar-refractivity contribution in [3.8, 4) is 11.5 Å². The standard InChI is InChI=1S/C17H21NO6/c1-21-14-9-13(10-15(11-14)22-2)3-4-17(20)24-12-16(19)18-5-7-23-8-6-18/h3-4,9-11H,5-8,12H2,1-2H3/b4-3+. The van der Waals surface area contributed by atoms with E-state index in [0.717, 1.165) is 5.56 Å². The number of carbonyl (C=O) groups excluding carboxylic acids is 2. The number of nitrogens with zero attached hydrogens (tertiary/aromatic N) is 1. The second-order valence-corrected chi connectivity index (χ2v) is 5.08. The van der Waals surface area contributed by atoms with Crippen molar-refractivity contribution in [2.24, 2.45) is 0 Å². The van der Waals surface area contributed by atoms with Crippen LogP contribution in [0.2, 0.25) is 0 Å². The Balaban J connectivity index is 1.87. The number of morpholine rings is 1. The van der Waals surface area contributed by atoms with E-state index in [4.69, 9.17) is 18.9 Å². The van der Waals surface area contributed by atoms with E-state index in [1.807, 2.05) is 0 Å². The van der Waals surface area contributed by atoms with Crippen molar-refractivity contribution in [2.45, 2.75) is 0 Å². The van der Waals surface area contributed by atoms with Crippen molar-refractivity contribution < 1.29 is 28.5 Å². The average Bonchev–Trinajstić information content (AvgIpc) is 2.64. The molecule has 0 saturated carbocycles. The summed E-state index contributed by atoms with van der Waals surface area (Å²) in [5, 5.41) is 0. The van der Waals surface area contributed by atoms with Gasteiger partial charge in [-0.15, -0.1) is 0 Å². The maximum Gasteiger partial charge on any atom is 0.331 e. The molecule has 1 amide bonds. The zero-order chi connectivity index (χ0) is 17.4. The molecule has 0 N–H and O–H groups in total. The fourth-order valence-electron chi connectivity index (χ4n) is 2.17. The summed E-state index contributed by atoms with van der Waals surface area (Å²) in [5.41, 5.74) is 0.725. The number of benzene rings is 1. The van der Waals surface area contributed by atoms with Crippen LogP contribution in [-0.4, -0.2) is 63.9 Å². The highest BCUT2D eigenvalue weighted by molar-refractivity contribution is 5.89. The Bertz CT molecular complexity index is 585. The molecular formula is C17H21NO6. The van der Waals surface area contributed by atoms with Crippen molar-refractivity contribution in [2.75, 3.05) is 47.1 Å². The Morgan fingerprint density at radius 1 is 1.12 bits per heavy atom. The molecule has 0 aliphatic carbocycles. The number of esters is 1. The molecule has 0 unspecified atom stereocenters. The lowest BCUT2D eigenvalue weighted by molar-refractivity contribution is -0.150. The van der Waals surface area contributed by atoms with Gasteiger partial charge >= 0.3 is 5.97 Å². The maximum absolute atomic E-state index is 11.9. The van der Waals surface area contributed by atoms with Crippen LogP contribution < -0.4 is 9.47 Å². The van der Waals surface area contributed by atoms with Gasteiger partial charge in [-0.1, -0.05) is 0 Å². The summed E-state index contributed by atoms with van der Waals surface area (Å²) in [6.45, 7) is 1.80. The van der Waals surface area contributed by atoms with Gasteiger partial charge in [0.1, 0.15) is 11.5 Å².